The molecule has 0 unspecified atom stereocenters. The summed E-state index contributed by atoms with van der Waals surface area (Å²) in [6.07, 6.45) is 1.36. The molecule has 0 bridgehead atoms. The Balaban J connectivity index is 2.03. The van der Waals surface area contributed by atoms with Crippen LogP contribution in [0.15, 0.2) is 18.2 Å². The number of nitrogen functional groups attached to an aromatic ring is 1. The number of hydrogen-bond donors (Lipinski definition) is 2. The van der Waals surface area contributed by atoms with Gasteiger partial charge in [0.2, 0.25) is 5.91 Å². The van der Waals surface area contributed by atoms with E-state index in [-0.39, 0.29) is 17.7 Å². The summed E-state index contributed by atoms with van der Waals surface area (Å²) in [7, 11) is 3.19. The highest BCUT2D eigenvalue weighted by Gasteiger charge is 2.27. The largest absolute Gasteiger partial charge is 0.497 e. The molecule has 1 heterocycles. The van der Waals surface area contributed by atoms with Crippen molar-refractivity contribution in [2.24, 2.45) is 5.92 Å². The zero-order valence-corrected chi connectivity index (χ0v) is 12.4. The summed E-state index contributed by atoms with van der Waals surface area (Å²) >= 11 is 0. The highest BCUT2D eigenvalue weighted by molar-refractivity contribution is 5.99. The molecule has 2 rings (SSSR count). The van der Waals surface area contributed by atoms with Crippen LogP contribution < -0.4 is 15.8 Å². The van der Waals surface area contributed by atoms with Crippen LogP contribution in [-0.2, 0) is 4.79 Å². The number of rotatable bonds is 3. The van der Waals surface area contributed by atoms with Gasteiger partial charge in [0.1, 0.15) is 5.75 Å². The number of hydrogen-bond acceptors (Lipinski definition) is 4. The highest BCUT2D eigenvalue weighted by Crippen LogP contribution is 2.24. The van der Waals surface area contributed by atoms with Crippen LogP contribution in [0.2, 0.25) is 0 Å². The summed E-state index contributed by atoms with van der Waals surface area (Å²) in [6, 6.07) is 5.05. The molecule has 0 aliphatic carbocycles. The SMILES string of the molecule is CNC(=O)C1CCN(C(=O)c2ccc(OC)cc2N)CC1. The Labute approximate surface area is 124 Å². The van der Waals surface area contributed by atoms with Crippen LogP contribution in [0.5, 0.6) is 5.75 Å². The van der Waals surface area contributed by atoms with Crippen LogP contribution in [0.1, 0.15) is 23.2 Å². The summed E-state index contributed by atoms with van der Waals surface area (Å²) < 4.78 is 5.08. The smallest absolute Gasteiger partial charge is 0.255 e. The first-order valence-electron chi connectivity index (χ1n) is 7.01. The summed E-state index contributed by atoms with van der Waals surface area (Å²) in [5.41, 5.74) is 6.80. The van der Waals surface area contributed by atoms with E-state index in [2.05, 4.69) is 5.32 Å². The van der Waals surface area contributed by atoms with Crippen LogP contribution in [-0.4, -0.2) is 44.0 Å². The average molecular weight is 291 g/mol. The van der Waals surface area contributed by atoms with Crippen molar-refractivity contribution in [3.63, 3.8) is 0 Å². The van der Waals surface area contributed by atoms with Crippen LogP contribution in [0, 0.1) is 5.92 Å². The quantitative estimate of drug-likeness (QED) is 0.810. The molecular formula is C15H21N3O3. The van der Waals surface area contributed by atoms with Crippen LogP contribution in [0.3, 0.4) is 0 Å². The molecule has 3 N–H and O–H groups in total. The van der Waals surface area contributed by atoms with E-state index in [0.29, 0.717) is 42.9 Å². The van der Waals surface area contributed by atoms with Crippen molar-refractivity contribution in [1.29, 1.82) is 0 Å². The molecule has 1 saturated heterocycles. The summed E-state index contributed by atoms with van der Waals surface area (Å²) in [4.78, 5) is 25.8. The predicted molar refractivity (Wildman–Crippen MR) is 80.1 cm³/mol. The molecule has 0 aromatic heterocycles. The maximum atomic E-state index is 12.5. The van der Waals surface area contributed by atoms with Crippen molar-refractivity contribution in [3.8, 4) is 5.75 Å². The van der Waals surface area contributed by atoms with E-state index < -0.39 is 0 Å². The minimum atomic E-state index is -0.0921. The van der Waals surface area contributed by atoms with Crippen LogP contribution in [0.25, 0.3) is 0 Å². The van der Waals surface area contributed by atoms with E-state index in [1.807, 2.05) is 0 Å². The Morgan fingerprint density at radius 2 is 2.00 bits per heavy atom. The number of anilines is 1. The molecule has 1 fully saturated rings. The van der Waals surface area contributed by atoms with Crippen molar-refractivity contribution in [1.82, 2.24) is 10.2 Å². The molecule has 6 heteroatoms. The number of ether oxygens (including phenoxy) is 1. The van der Waals surface area contributed by atoms with Gasteiger partial charge in [0.05, 0.1) is 12.7 Å². The minimum absolute atomic E-state index is 0.00716. The Morgan fingerprint density at radius 1 is 1.33 bits per heavy atom. The van der Waals surface area contributed by atoms with E-state index in [4.69, 9.17) is 10.5 Å². The Hall–Kier alpha value is -2.24. The Morgan fingerprint density at radius 3 is 2.52 bits per heavy atom. The number of carbonyl (C=O) groups excluding carboxylic acids is 2. The number of likely N-dealkylation sites (tertiary alicyclic amines) is 1. The number of nitrogens with zero attached hydrogens (tertiary/aromatic N) is 1. The van der Waals surface area contributed by atoms with Gasteiger partial charge in [-0.2, -0.15) is 0 Å². The van der Waals surface area contributed by atoms with E-state index in [0.717, 1.165) is 0 Å². The highest BCUT2D eigenvalue weighted by atomic mass is 16.5. The third-order valence-electron chi connectivity index (χ3n) is 3.89. The number of nitrogens with one attached hydrogen (secondary N) is 1. The summed E-state index contributed by atoms with van der Waals surface area (Å²) in [5, 5.41) is 2.66. The lowest BCUT2D eigenvalue weighted by molar-refractivity contribution is -0.125. The number of amides is 2. The maximum Gasteiger partial charge on any atom is 0.255 e. The van der Waals surface area contributed by atoms with Gasteiger partial charge in [0, 0.05) is 37.8 Å². The first-order valence-corrected chi connectivity index (χ1v) is 7.01. The first-order chi connectivity index (χ1) is 10.1. The van der Waals surface area contributed by atoms with E-state index in [1.165, 1.54) is 0 Å². The second-order valence-electron chi connectivity index (χ2n) is 5.13. The molecular weight excluding hydrogens is 270 g/mol. The summed E-state index contributed by atoms with van der Waals surface area (Å²) in [5.74, 6) is 0.575. The van der Waals surface area contributed by atoms with E-state index in [1.54, 1.807) is 37.3 Å². The lowest BCUT2D eigenvalue weighted by Crippen LogP contribution is -2.42. The number of piperidine rings is 1. The predicted octanol–water partition coefficient (Wildman–Crippen LogP) is 0.876. The van der Waals surface area contributed by atoms with Gasteiger partial charge in [-0.3, -0.25) is 9.59 Å². The Kier molecular flexibility index (Phi) is 4.67. The molecule has 0 radical (unpaired) electrons. The van der Waals surface area contributed by atoms with Gasteiger partial charge in [-0.25, -0.2) is 0 Å². The molecule has 6 nitrogen and oxygen atoms in total. The van der Waals surface area contributed by atoms with Gasteiger partial charge in [-0.05, 0) is 25.0 Å². The van der Waals surface area contributed by atoms with Gasteiger partial charge in [-0.15, -0.1) is 0 Å². The molecule has 0 saturated carbocycles. The van der Waals surface area contributed by atoms with Crippen LogP contribution >= 0.6 is 0 Å². The zero-order valence-electron chi connectivity index (χ0n) is 12.4. The van der Waals surface area contributed by atoms with Gasteiger partial charge >= 0.3 is 0 Å². The van der Waals surface area contributed by atoms with Crippen molar-refractivity contribution >= 4 is 17.5 Å². The molecule has 0 atom stereocenters. The molecule has 1 aliphatic heterocycles. The van der Waals surface area contributed by atoms with E-state index >= 15 is 0 Å². The maximum absolute atomic E-state index is 12.5. The van der Waals surface area contributed by atoms with Gasteiger partial charge in [0.15, 0.2) is 0 Å². The Bertz CT molecular complexity index is 537. The average Bonchev–Trinajstić information content (AvgIpc) is 2.53. The fraction of sp³-hybridized carbons (Fsp3) is 0.467. The molecule has 1 aliphatic rings. The fourth-order valence-electron chi connectivity index (χ4n) is 2.58. The lowest BCUT2D eigenvalue weighted by Gasteiger charge is -2.31. The number of benzene rings is 1. The van der Waals surface area contributed by atoms with Gasteiger partial charge < -0.3 is 20.7 Å². The standard InChI is InChI=1S/C15H21N3O3/c1-17-14(19)10-5-7-18(8-6-10)15(20)12-4-3-11(21-2)9-13(12)16/h3-4,9-10H,5-8,16H2,1-2H3,(H,17,19). The fourth-order valence-corrected chi connectivity index (χ4v) is 2.58. The lowest BCUT2D eigenvalue weighted by atomic mass is 9.95. The first kappa shape index (κ1) is 15.2. The number of nitrogens with two attached hydrogens (primary N) is 1. The summed E-state index contributed by atoms with van der Waals surface area (Å²) in [6.45, 7) is 1.14. The molecule has 114 valence electrons. The molecule has 0 spiro atoms. The van der Waals surface area contributed by atoms with Crippen molar-refractivity contribution in [2.75, 3.05) is 33.0 Å². The molecule has 2 amide bonds. The number of carbonyl (C=O) groups is 2. The molecule has 1 aromatic carbocycles. The topological polar surface area (TPSA) is 84.7 Å². The zero-order chi connectivity index (χ0) is 15.4. The monoisotopic (exact) mass is 291 g/mol. The second kappa shape index (κ2) is 6.47. The third-order valence-corrected chi connectivity index (χ3v) is 3.89. The molecule has 21 heavy (non-hydrogen) atoms. The minimum Gasteiger partial charge on any atom is -0.497 e. The van der Waals surface area contributed by atoms with Gasteiger partial charge in [0.25, 0.3) is 5.91 Å². The van der Waals surface area contributed by atoms with Crippen molar-refractivity contribution < 1.29 is 14.3 Å². The van der Waals surface area contributed by atoms with Crippen molar-refractivity contribution in [2.45, 2.75) is 12.8 Å². The van der Waals surface area contributed by atoms with Gasteiger partial charge in [-0.1, -0.05) is 0 Å². The second-order valence-corrected chi connectivity index (χ2v) is 5.13. The normalized spacial score (nSPS) is 15.6. The number of methoxy groups -OCH3 is 1. The van der Waals surface area contributed by atoms with E-state index in [9.17, 15) is 9.59 Å². The third kappa shape index (κ3) is 3.26. The van der Waals surface area contributed by atoms with Crippen molar-refractivity contribution in [3.05, 3.63) is 23.8 Å². The van der Waals surface area contributed by atoms with Crippen LogP contribution in [0.4, 0.5) is 5.69 Å². The molecule has 1 aromatic rings.